The van der Waals surface area contributed by atoms with Gasteiger partial charge in [0, 0.05) is 17.0 Å². The molecule has 4 heteroatoms. The molecule has 74 valence electrons. The van der Waals surface area contributed by atoms with Gasteiger partial charge < -0.3 is 4.42 Å². The quantitative estimate of drug-likeness (QED) is 0.616. The number of nitriles is 1. The fourth-order valence-corrected chi connectivity index (χ4v) is 1.33. The summed E-state index contributed by atoms with van der Waals surface area (Å²) in [6.45, 7) is 1.60. The second-order valence-corrected chi connectivity index (χ2v) is 3.20. The maximum Gasteiger partial charge on any atom is 0.339 e. The maximum absolute atomic E-state index is 13.2. The Balaban J connectivity index is 2.90. The molecule has 0 amide bonds. The average Bonchev–Trinajstić information content (AvgIpc) is 2.20. The highest BCUT2D eigenvalue weighted by molar-refractivity contribution is 5.78. The second-order valence-electron chi connectivity index (χ2n) is 3.20. The Morgan fingerprint density at radius 3 is 2.80 bits per heavy atom. The van der Waals surface area contributed by atoms with Crippen molar-refractivity contribution in [1.29, 1.82) is 5.26 Å². The lowest BCUT2D eigenvalue weighted by Crippen LogP contribution is -2.02. The van der Waals surface area contributed by atoms with Crippen LogP contribution in [-0.2, 0) is 0 Å². The second kappa shape index (κ2) is 3.21. The third-order valence-electron chi connectivity index (χ3n) is 2.12. The van der Waals surface area contributed by atoms with Gasteiger partial charge in [-0.15, -0.1) is 0 Å². The molecule has 0 aliphatic heterocycles. The van der Waals surface area contributed by atoms with Crippen molar-refractivity contribution >= 4 is 11.0 Å². The lowest BCUT2D eigenvalue weighted by atomic mass is 10.1. The van der Waals surface area contributed by atoms with Crippen LogP contribution in [0.1, 0.15) is 11.1 Å². The van der Waals surface area contributed by atoms with E-state index in [1.807, 2.05) is 0 Å². The summed E-state index contributed by atoms with van der Waals surface area (Å²) in [6, 6.07) is 5.71. The summed E-state index contributed by atoms with van der Waals surface area (Å²) < 4.78 is 18.0. The molecule has 0 saturated heterocycles. The Morgan fingerprint density at radius 1 is 1.40 bits per heavy atom. The Hall–Kier alpha value is -2.15. The predicted octanol–water partition coefficient (Wildman–Crippen LogP) is 2.11. The van der Waals surface area contributed by atoms with Crippen LogP contribution in [0.2, 0.25) is 0 Å². The first kappa shape index (κ1) is 9.41. The van der Waals surface area contributed by atoms with Gasteiger partial charge in [0.05, 0.1) is 5.56 Å². The number of fused-ring (bicyclic) bond motifs is 1. The van der Waals surface area contributed by atoms with Gasteiger partial charge in [0.1, 0.15) is 17.5 Å². The first-order valence-corrected chi connectivity index (χ1v) is 4.26. The van der Waals surface area contributed by atoms with Gasteiger partial charge in [0.25, 0.3) is 0 Å². The zero-order valence-corrected chi connectivity index (χ0v) is 7.87. The normalized spacial score (nSPS) is 10.2. The zero-order valence-electron chi connectivity index (χ0n) is 7.87. The van der Waals surface area contributed by atoms with Crippen molar-refractivity contribution in [3.8, 4) is 6.07 Å². The van der Waals surface area contributed by atoms with Crippen LogP contribution in [0.3, 0.4) is 0 Å². The lowest BCUT2D eigenvalue weighted by Gasteiger charge is -1.99. The molecule has 0 fully saturated rings. The minimum atomic E-state index is -0.683. The van der Waals surface area contributed by atoms with Gasteiger partial charge in [-0.3, -0.25) is 0 Å². The van der Waals surface area contributed by atoms with E-state index < -0.39 is 11.4 Å². The molecule has 0 unspecified atom stereocenters. The minimum absolute atomic E-state index is 0.0595. The number of nitrogens with zero attached hydrogens (tertiary/aromatic N) is 1. The van der Waals surface area contributed by atoms with Gasteiger partial charge in [-0.05, 0) is 19.1 Å². The van der Waals surface area contributed by atoms with E-state index in [4.69, 9.17) is 9.68 Å². The molecule has 15 heavy (non-hydrogen) atoms. The molecular weight excluding hydrogens is 197 g/mol. The summed E-state index contributed by atoms with van der Waals surface area (Å²) in [5.74, 6) is -0.683. The number of aryl methyl sites for hydroxylation is 1. The third kappa shape index (κ3) is 1.48. The molecule has 0 aliphatic rings. The molecule has 0 atom stereocenters. The summed E-state index contributed by atoms with van der Waals surface area (Å²) >= 11 is 0. The van der Waals surface area contributed by atoms with E-state index in [1.165, 1.54) is 6.07 Å². The summed E-state index contributed by atoms with van der Waals surface area (Å²) in [5.41, 5.74) is 0.0301. The molecular formula is C11H6FNO2. The predicted molar refractivity (Wildman–Crippen MR) is 51.9 cm³/mol. The fraction of sp³-hybridized carbons (Fsp3) is 0.0909. The first-order valence-electron chi connectivity index (χ1n) is 4.26. The van der Waals surface area contributed by atoms with Crippen molar-refractivity contribution in [3.05, 3.63) is 45.6 Å². The van der Waals surface area contributed by atoms with Crippen molar-refractivity contribution < 1.29 is 8.81 Å². The van der Waals surface area contributed by atoms with Crippen LogP contribution >= 0.6 is 0 Å². The van der Waals surface area contributed by atoms with E-state index in [1.54, 1.807) is 19.1 Å². The molecule has 0 saturated carbocycles. The van der Waals surface area contributed by atoms with Crippen LogP contribution in [0.15, 0.2) is 27.4 Å². The smallest absolute Gasteiger partial charge is 0.339 e. The molecule has 3 nitrogen and oxygen atoms in total. The summed E-state index contributed by atoms with van der Waals surface area (Å²) in [7, 11) is 0. The van der Waals surface area contributed by atoms with Gasteiger partial charge in [0.15, 0.2) is 0 Å². The molecule has 1 heterocycles. The Morgan fingerprint density at radius 2 is 2.13 bits per heavy atom. The van der Waals surface area contributed by atoms with Crippen molar-refractivity contribution in [2.75, 3.05) is 0 Å². The SMILES string of the molecule is Cc1cc2cc(C#N)c(F)cc2oc1=O. The van der Waals surface area contributed by atoms with E-state index in [2.05, 4.69) is 0 Å². The van der Waals surface area contributed by atoms with E-state index >= 15 is 0 Å². The molecule has 0 bridgehead atoms. The van der Waals surface area contributed by atoms with E-state index in [0.717, 1.165) is 6.07 Å². The maximum atomic E-state index is 13.2. The Bertz CT molecular complexity index is 637. The van der Waals surface area contributed by atoms with Gasteiger partial charge >= 0.3 is 5.63 Å². The molecule has 1 aromatic heterocycles. The monoisotopic (exact) mass is 203 g/mol. The summed E-state index contributed by atoms with van der Waals surface area (Å²) in [5, 5.41) is 9.17. The van der Waals surface area contributed by atoms with Gasteiger partial charge in [-0.25, -0.2) is 9.18 Å². The van der Waals surface area contributed by atoms with Gasteiger partial charge in [-0.2, -0.15) is 5.26 Å². The molecule has 0 radical (unpaired) electrons. The summed E-state index contributed by atoms with van der Waals surface area (Å²) in [4.78, 5) is 11.1. The van der Waals surface area contributed by atoms with E-state index in [0.29, 0.717) is 10.9 Å². The van der Waals surface area contributed by atoms with Crippen LogP contribution in [0.4, 0.5) is 4.39 Å². The van der Waals surface area contributed by atoms with Crippen molar-refractivity contribution in [2.24, 2.45) is 0 Å². The standard InChI is InChI=1S/C11H6FNO2/c1-6-2-7-3-8(5-13)9(12)4-10(7)15-11(6)14/h2-4H,1H3. The van der Waals surface area contributed by atoms with Crippen LogP contribution in [0.25, 0.3) is 11.0 Å². The van der Waals surface area contributed by atoms with E-state index in [-0.39, 0.29) is 11.1 Å². The zero-order chi connectivity index (χ0) is 11.0. The van der Waals surface area contributed by atoms with Gasteiger partial charge in [-0.1, -0.05) is 0 Å². The number of hydrogen-bond acceptors (Lipinski definition) is 3. The largest absolute Gasteiger partial charge is 0.422 e. The van der Waals surface area contributed by atoms with E-state index in [9.17, 15) is 9.18 Å². The number of halogens is 1. The van der Waals surface area contributed by atoms with Crippen molar-refractivity contribution in [1.82, 2.24) is 0 Å². The molecule has 0 spiro atoms. The number of benzene rings is 1. The lowest BCUT2D eigenvalue weighted by molar-refractivity contribution is 0.548. The van der Waals surface area contributed by atoms with Crippen molar-refractivity contribution in [2.45, 2.75) is 6.92 Å². The molecule has 0 aliphatic carbocycles. The highest BCUT2D eigenvalue weighted by Crippen LogP contribution is 2.18. The van der Waals surface area contributed by atoms with Crippen LogP contribution < -0.4 is 5.63 Å². The van der Waals surface area contributed by atoms with Crippen molar-refractivity contribution in [3.63, 3.8) is 0 Å². The van der Waals surface area contributed by atoms with Crippen LogP contribution in [0, 0.1) is 24.1 Å². The minimum Gasteiger partial charge on any atom is -0.422 e. The molecule has 2 aromatic rings. The Kier molecular flexibility index (Phi) is 2.01. The Labute approximate surface area is 84.4 Å². The summed E-state index contributed by atoms with van der Waals surface area (Å²) in [6.07, 6.45) is 0. The van der Waals surface area contributed by atoms with Crippen LogP contribution in [0.5, 0.6) is 0 Å². The topological polar surface area (TPSA) is 54.0 Å². The number of rotatable bonds is 0. The molecule has 0 N–H and O–H groups in total. The molecule has 1 aromatic carbocycles. The number of hydrogen-bond donors (Lipinski definition) is 0. The fourth-order valence-electron chi connectivity index (χ4n) is 1.33. The third-order valence-corrected chi connectivity index (χ3v) is 2.12. The van der Waals surface area contributed by atoms with Crippen LogP contribution in [-0.4, -0.2) is 0 Å². The first-order chi connectivity index (χ1) is 7.11. The van der Waals surface area contributed by atoms with Gasteiger partial charge in [0.2, 0.25) is 0 Å². The molecule has 2 rings (SSSR count). The average molecular weight is 203 g/mol. The highest BCUT2D eigenvalue weighted by Gasteiger charge is 2.07. The highest BCUT2D eigenvalue weighted by atomic mass is 19.1.